The highest BCUT2D eigenvalue weighted by Crippen LogP contribution is 2.17. The molecule has 0 aliphatic carbocycles. The minimum Gasteiger partial charge on any atom is -0.464 e. The predicted octanol–water partition coefficient (Wildman–Crippen LogP) is 2.53. The van der Waals surface area contributed by atoms with E-state index in [0.29, 0.717) is 6.42 Å². The zero-order valence-corrected chi connectivity index (χ0v) is 8.66. The van der Waals surface area contributed by atoms with E-state index >= 15 is 0 Å². The maximum atomic E-state index is 12.5. The first-order valence-electron chi connectivity index (χ1n) is 5.03. The molecular weight excluding hydrogens is 193 g/mol. The Bertz CT molecular complexity index is 434. The third-order valence-corrected chi connectivity index (χ3v) is 2.60. The molecule has 15 heavy (non-hydrogen) atoms. The smallest absolute Gasteiger partial charge is 0.134 e. The lowest BCUT2D eigenvalue weighted by Gasteiger charge is -2.11. The normalized spacial score (nSPS) is 13.2. The van der Waals surface area contributed by atoms with Gasteiger partial charge < -0.3 is 9.73 Å². The van der Waals surface area contributed by atoms with Gasteiger partial charge in [0, 0.05) is 11.4 Å². The van der Waals surface area contributed by atoms with E-state index in [0.717, 1.165) is 16.5 Å². The number of hydrogen-bond donors (Lipinski definition) is 1. The Morgan fingerprint density at radius 2 is 2.27 bits per heavy atom. The van der Waals surface area contributed by atoms with E-state index < -0.39 is 0 Å². The standard InChI is InChI=1S/C12H14FNO/c1-14-11(8-13)6-9-2-3-10-4-5-15-12(10)7-9/h2-5,7,11,14H,6,8H2,1H3. The summed E-state index contributed by atoms with van der Waals surface area (Å²) < 4.78 is 17.8. The minimum atomic E-state index is -0.354. The van der Waals surface area contributed by atoms with Gasteiger partial charge in [0.05, 0.1) is 6.26 Å². The van der Waals surface area contributed by atoms with Gasteiger partial charge >= 0.3 is 0 Å². The molecule has 1 unspecified atom stereocenters. The molecule has 0 radical (unpaired) electrons. The van der Waals surface area contributed by atoms with Crippen molar-refractivity contribution in [1.29, 1.82) is 0 Å². The molecule has 0 fully saturated rings. The van der Waals surface area contributed by atoms with E-state index in [1.807, 2.05) is 24.3 Å². The first-order chi connectivity index (χ1) is 7.33. The number of furan rings is 1. The second-order valence-corrected chi connectivity index (χ2v) is 3.64. The molecule has 80 valence electrons. The number of halogens is 1. The number of fused-ring (bicyclic) bond motifs is 1. The summed E-state index contributed by atoms with van der Waals surface area (Å²) in [5.41, 5.74) is 1.95. The summed E-state index contributed by atoms with van der Waals surface area (Å²) in [5.74, 6) is 0. The van der Waals surface area contributed by atoms with E-state index in [-0.39, 0.29) is 12.7 Å². The van der Waals surface area contributed by atoms with Gasteiger partial charge in [-0.1, -0.05) is 12.1 Å². The van der Waals surface area contributed by atoms with Gasteiger partial charge in [0.1, 0.15) is 12.3 Å². The van der Waals surface area contributed by atoms with Gasteiger partial charge in [0.2, 0.25) is 0 Å². The van der Waals surface area contributed by atoms with Crippen LogP contribution >= 0.6 is 0 Å². The molecule has 2 aromatic rings. The average Bonchev–Trinajstić information content (AvgIpc) is 2.73. The highest BCUT2D eigenvalue weighted by molar-refractivity contribution is 5.77. The Hall–Kier alpha value is -1.35. The summed E-state index contributed by atoms with van der Waals surface area (Å²) in [6, 6.07) is 7.79. The molecule has 0 saturated carbocycles. The predicted molar refractivity (Wildman–Crippen MR) is 58.7 cm³/mol. The van der Waals surface area contributed by atoms with Crippen molar-refractivity contribution in [2.45, 2.75) is 12.5 Å². The number of alkyl halides is 1. The van der Waals surface area contributed by atoms with Crippen LogP contribution in [-0.2, 0) is 6.42 Å². The second-order valence-electron chi connectivity index (χ2n) is 3.64. The molecule has 3 heteroatoms. The van der Waals surface area contributed by atoms with Crippen molar-refractivity contribution in [1.82, 2.24) is 5.32 Å². The molecule has 1 N–H and O–H groups in total. The lowest BCUT2D eigenvalue weighted by atomic mass is 10.1. The molecule has 0 spiro atoms. The van der Waals surface area contributed by atoms with Crippen LogP contribution in [0.4, 0.5) is 4.39 Å². The van der Waals surface area contributed by atoms with Crippen molar-refractivity contribution >= 4 is 11.0 Å². The quantitative estimate of drug-likeness (QED) is 0.833. The molecule has 0 aliphatic rings. The van der Waals surface area contributed by atoms with Gasteiger partial charge in [0.25, 0.3) is 0 Å². The molecule has 0 amide bonds. The molecule has 0 saturated heterocycles. The number of nitrogens with one attached hydrogen (secondary N) is 1. The van der Waals surface area contributed by atoms with Crippen molar-refractivity contribution < 1.29 is 8.81 Å². The molecule has 2 rings (SSSR count). The minimum absolute atomic E-state index is 0.114. The van der Waals surface area contributed by atoms with Crippen LogP contribution in [0, 0.1) is 0 Å². The van der Waals surface area contributed by atoms with Crippen LogP contribution in [0.25, 0.3) is 11.0 Å². The van der Waals surface area contributed by atoms with Gasteiger partial charge in [-0.05, 0) is 31.2 Å². The van der Waals surface area contributed by atoms with E-state index in [9.17, 15) is 4.39 Å². The zero-order valence-electron chi connectivity index (χ0n) is 8.66. The molecule has 1 aromatic carbocycles. The summed E-state index contributed by atoms with van der Waals surface area (Å²) in [4.78, 5) is 0. The molecule has 1 heterocycles. The largest absolute Gasteiger partial charge is 0.464 e. The molecule has 0 aliphatic heterocycles. The maximum Gasteiger partial charge on any atom is 0.134 e. The van der Waals surface area contributed by atoms with Crippen LogP contribution in [0.5, 0.6) is 0 Å². The molecule has 1 atom stereocenters. The fourth-order valence-electron chi connectivity index (χ4n) is 1.64. The van der Waals surface area contributed by atoms with E-state index in [2.05, 4.69) is 5.32 Å². The van der Waals surface area contributed by atoms with Crippen LogP contribution < -0.4 is 5.32 Å². The second kappa shape index (κ2) is 4.45. The van der Waals surface area contributed by atoms with Crippen molar-refractivity contribution in [3.63, 3.8) is 0 Å². The lowest BCUT2D eigenvalue weighted by Crippen LogP contribution is -2.29. The topological polar surface area (TPSA) is 25.2 Å². The lowest BCUT2D eigenvalue weighted by molar-refractivity contribution is 0.389. The van der Waals surface area contributed by atoms with Gasteiger partial charge in [-0.25, -0.2) is 4.39 Å². The van der Waals surface area contributed by atoms with Crippen molar-refractivity contribution in [3.05, 3.63) is 36.1 Å². The van der Waals surface area contributed by atoms with Gasteiger partial charge in [-0.15, -0.1) is 0 Å². The number of hydrogen-bond acceptors (Lipinski definition) is 2. The van der Waals surface area contributed by atoms with E-state index in [1.165, 1.54) is 0 Å². The monoisotopic (exact) mass is 207 g/mol. The Labute approximate surface area is 88.1 Å². The number of likely N-dealkylation sites (N-methyl/N-ethyl adjacent to an activating group) is 1. The Balaban J connectivity index is 2.20. The third-order valence-electron chi connectivity index (χ3n) is 2.60. The van der Waals surface area contributed by atoms with Crippen LogP contribution in [0.3, 0.4) is 0 Å². The summed E-state index contributed by atoms with van der Waals surface area (Å²) in [5, 5.41) is 4.02. The average molecular weight is 207 g/mol. The Kier molecular flexibility index (Phi) is 3.02. The molecule has 1 aromatic heterocycles. The maximum absolute atomic E-state index is 12.5. The third kappa shape index (κ3) is 2.18. The summed E-state index contributed by atoms with van der Waals surface area (Å²) >= 11 is 0. The Morgan fingerprint density at radius 1 is 1.40 bits per heavy atom. The summed E-state index contributed by atoms with van der Waals surface area (Å²) in [6.07, 6.45) is 2.35. The first-order valence-corrected chi connectivity index (χ1v) is 5.03. The molecule has 2 nitrogen and oxygen atoms in total. The van der Waals surface area contributed by atoms with Crippen molar-refractivity contribution in [2.24, 2.45) is 0 Å². The van der Waals surface area contributed by atoms with Crippen LogP contribution in [0.2, 0.25) is 0 Å². The summed E-state index contributed by atoms with van der Waals surface area (Å²) in [6.45, 7) is -0.354. The zero-order chi connectivity index (χ0) is 10.7. The molecule has 0 bridgehead atoms. The van der Waals surface area contributed by atoms with Crippen molar-refractivity contribution in [3.8, 4) is 0 Å². The molecular formula is C12H14FNO. The highest BCUT2D eigenvalue weighted by Gasteiger charge is 2.07. The number of rotatable bonds is 4. The SMILES string of the molecule is CNC(CF)Cc1ccc2ccoc2c1. The van der Waals surface area contributed by atoms with Crippen LogP contribution in [0.15, 0.2) is 34.9 Å². The van der Waals surface area contributed by atoms with Crippen LogP contribution in [0.1, 0.15) is 5.56 Å². The first kappa shape index (κ1) is 10.2. The fraction of sp³-hybridized carbons (Fsp3) is 0.333. The van der Waals surface area contributed by atoms with Gasteiger partial charge in [-0.2, -0.15) is 0 Å². The highest BCUT2D eigenvalue weighted by atomic mass is 19.1. The van der Waals surface area contributed by atoms with Crippen LogP contribution in [-0.4, -0.2) is 19.8 Å². The fourth-order valence-corrected chi connectivity index (χ4v) is 1.64. The summed E-state index contributed by atoms with van der Waals surface area (Å²) in [7, 11) is 1.77. The van der Waals surface area contributed by atoms with Crippen molar-refractivity contribution in [2.75, 3.05) is 13.7 Å². The van der Waals surface area contributed by atoms with Gasteiger partial charge in [-0.3, -0.25) is 0 Å². The number of benzene rings is 1. The van der Waals surface area contributed by atoms with E-state index in [1.54, 1.807) is 13.3 Å². The van der Waals surface area contributed by atoms with Gasteiger partial charge in [0.15, 0.2) is 0 Å². The Morgan fingerprint density at radius 3 is 3.00 bits per heavy atom. The van der Waals surface area contributed by atoms with E-state index in [4.69, 9.17) is 4.42 Å².